The third-order valence-corrected chi connectivity index (χ3v) is 2.97. The molecule has 0 saturated heterocycles. The van der Waals surface area contributed by atoms with E-state index in [1.165, 1.54) is 5.56 Å². The number of aromatic nitrogens is 2. The molecule has 0 saturated carbocycles. The number of nitrogens with zero attached hydrogens (tertiary/aromatic N) is 1. The number of aryl methyl sites for hydroxylation is 1. The number of nitrogens with one attached hydrogen (secondary N) is 2. The van der Waals surface area contributed by atoms with Crippen molar-refractivity contribution in [2.45, 2.75) is 19.9 Å². The van der Waals surface area contributed by atoms with Gasteiger partial charge >= 0.3 is 0 Å². The molecule has 0 fully saturated rings. The summed E-state index contributed by atoms with van der Waals surface area (Å²) >= 11 is 1.75. The van der Waals surface area contributed by atoms with Crippen molar-refractivity contribution in [3.63, 3.8) is 0 Å². The Bertz CT molecular complexity index is 392. The zero-order valence-corrected chi connectivity index (χ0v) is 9.60. The number of imidazole rings is 1. The van der Waals surface area contributed by atoms with Crippen molar-refractivity contribution in [2.75, 3.05) is 6.54 Å². The molecule has 0 aliphatic rings. The third kappa shape index (κ3) is 3.18. The van der Waals surface area contributed by atoms with Gasteiger partial charge in [-0.3, -0.25) is 0 Å². The van der Waals surface area contributed by atoms with E-state index >= 15 is 0 Å². The minimum Gasteiger partial charge on any atom is -0.345 e. The van der Waals surface area contributed by atoms with Crippen molar-refractivity contribution < 1.29 is 0 Å². The Morgan fingerprint density at radius 1 is 1.53 bits per heavy atom. The molecule has 0 unspecified atom stereocenters. The summed E-state index contributed by atoms with van der Waals surface area (Å²) in [6, 6.07) is 2.17. The van der Waals surface area contributed by atoms with Gasteiger partial charge in [0.05, 0.1) is 0 Å². The van der Waals surface area contributed by atoms with Crippen molar-refractivity contribution in [3.05, 3.63) is 40.1 Å². The SMILES string of the molecule is Cc1ncc(CNCCc2ccsc2)[nH]1. The van der Waals surface area contributed by atoms with E-state index in [9.17, 15) is 0 Å². The van der Waals surface area contributed by atoms with E-state index in [2.05, 4.69) is 32.1 Å². The fraction of sp³-hybridized carbons (Fsp3) is 0.364. The van der Waals surface area contributed by atoms with Crippen LogP contribution in [-0.4, -0.2) is 16.5 Å². The van der Waals surface area contributed by atoms with Crippen LogP contribution in [0.4, 0.5) is 0 Å². The number of thiophene rings is 1. The first-order valence-corrected chi connectivity index (χ1v) is 6.01. The number of H-pyrrole nitrogens is 1. The van der Waals surface area contributed by atoms with Gasteiger partial charge in [0.25, 0.3) is 0 Å². The Morgan fingerprint density at radius 3 is 3.13 bits per heavy atom. The normalized spacial score (nSPS) is 10.7. The molecule has 15 heavy (non-hydrogen) atoms. The lowest BCUT2D eigenvalue weighted by molar-refractivity contribution is 0.677. The fourth-order valence-electron chi connectivity index (χ4n) is 1.45. The predicted molar refractivity (Wildman–Crippen MR) is 63.1 cm³/mol. The first-order valence-electron chi connectivity index (χ1n) is 5.07. The molecule has 2 rings (SSSR count). The second-order valence-electron chi connectivity index (χ2n) is 3.55. The Labute approximate surface area is 93.6 Å². The quantitative estimate of drug-likeness (QED) is 0.759. The summed E-state index contributed by atoms with van der Waals surface area (Å²) in [5.41, 5.74) is 2.56. The molecular weight excluding hydrogens is 206 g/mol. The summed E-state index contributed by atoms with van der Waals surface area (Å²) in [5.74, 6) is 0.977. The average molecular weight is 221 g/mol. The van der Waals surface area contributed by atoms with Crippen LogP contribution in [0.25, 0.3) is 0 Å². The standard InChI is InChI=1S/C11H15N3S/c1-9-13-7-11(14-9)6-12-4-2-10-3-5-15-8-10/h3,5,7-8,12H,2,4,6H2,1H3,(H,13,14). The zero-order valence-electron chi connectivity index (χ0n) is 8.79. The minimum absolute atomic E-state index is 0.866. The smallest absolute Gasteiger partial charge is 0.103 e. The molecule has 2 aromatic rings. The van der Waals surface area contributed by atoms with Gasteiger partial charge in [0, 0.05) is 18.4 Å². The van der Waals surface area contributed by atoms with E-state index in [0.29, 0.717) is 0 Å². The monoisotopic (exact) mass is 221 g/mol. The highest BCUT2D eigenvalue weighted by Crippen LogP contribution is 2.05. The predicted octanol–water partition coefficient (Wildman–Crippen LogP) is 2.11. The van der Waals surface area contributed by atoms with Crippen molar-refractivity contribution in [3.8, 4) is 0 Å². The molecule has 4 heteroatoms. The molecule has 3 nitrogen and oxygen atoms in total. The van der Waals surface area contributed by atoms with Crippen LogP contribution in [0, 0.1) is 6.92 Å². The van der Waals surface area contributed by atoms with E-state index in [1.54, 1.807) is 11.3 Å². The van der Waals surface area contributed by atoms with Crippen LogP contribution in [0.2, 0.25) is 0 Å². The maximum absolute atomic E-state index is 4.15. The van der Waals surface area contributed by atoms with E-state index in [4.69, 9.17) is 0 Å². The van der Waals surface area contributed by atoms with Gasteiger partial charge < -0.3 is 10.3 Å². The number of aromatic amines is 1. The zero-order chi connectivity index (χ0) is 10.5. The topological polar surface area (TPSA) is 40.7 Å². The summed E-state index contributed by atoms with van der Waals surface area (Å²) in [4.78, 5) is 7.35. The van der Waals surface area contributed by atoms with Gasteiger partial charge in [-0.1, -0.05) is 0 Å². The van der Waals surface area contributed by atoms with Gasteiger partial charge in [-0.15, -0.1) is 0 Å². The first-order chi connectivity index (χ1) is 7.34. The van der Waals surface area contributed by atoms with E-state index < -0.39 is 0 Å². The van der Waals surface area contributed by atoms with Crippen LogP contribution < -0.4 is 5.32 Å². The Morgan fingerprint density at radius 2 is 2.47 bits per heavy atom. The lowest BCUT2D eigenvalue weighted by atomic mass is 10.2. The second kappa shape index (κ2) is 5.09. The van der Waals surface area contributed by atoms with Crippen molar-refractivity contribution >= 4 is 11.3 Å². The minimum atomic E-state index is 0.866. The molecule has 80 valence electrons. The van der Waals surface area contributed by atoms with E-state index in [1.807, 2.05) is 13.1 Å². The van der Waals surface area contributed by atoms with Crippen LogP contribution in [-0.2, 0) is 13.0 Å². The van der Waals surface area contributed by atoms with Crippen LogP contribution in [0.1, 0.15) is 17.1 Å². The van der Waals surface area contributed by atoms with Crippen LogP contribution in [0.3, 0.4) is 0 Å². The summed E-state index contributed by atoms with van der Waals surface area (Å²) < 4.78 is 0. The molecular formula is C11H15N3S. The maximum atomic E-state index is 4.15. The van der Waals surface area contributed by atoms with Crippen LogP contribution in [0.15, 0.2) is 23.0 Å². The van der Waals surface area contributed by atoms with Gasteiger partial charge in [0.15, 0.2) is 0 Å². The molecule has 0 bridgehead atoms. The maximum Gasteiger partial charge on any atom is 0.103 e. The highest BCUT2D eigenvalue weighted by molar-refractivity contribution is 7.07. The highest BCUT2D eigenvalue weighted by atomic mass is 32.1. The van der Waals surface area contributed by atoms with Gasteiger partial charge in [0.2, 0.25) is 0 Å². The van der Waals surface area contributed by atoms with Gasteiger partial charge in [-0.2, -0.15) is 11.3 Å². The lowest BCUT2D eigenvalue weighted by Gasteiger charge is -2.01. The van der Waals surface area contributed by atoms with E-state index in [0.717, 1.165) is 31.0 Å². The fourth-order valence-corrected chi connectivity index (χ4v) is 2.16. The summed E-state index contributed by atoms with van der Waals surface area (Å²) in [5, 5.41) is 7.70. The Kier molecular flexibility index (Phi) is 3.53. The van der Waals surface area contributed by atoms with Crippen LogP contribution in [0.5, 0.6) is 0 Å². The molecule has 2 heterocycles. The molecule has 0 aliphatic heterocycles. The van der Waals surface area contributed by atoms with Gasteiger partial charge in [-0.05, 0) is 42.3 Å². The molecule has 0 aromatic carbocycles. The molecule has 0 amide bonds. The van der Waals surface area contributed by atoms with Gasteiger partial charge in [-0.25, -0.2) is 4.98 Å². The molecule has 0 spiro atoms. The average Bonchev–Trinajstić information content (AvgIpc) is 2.84. The lowest BCUT2D eigenvalue weighted by Crippen LogP contribution is -2.16. The Hall–Kier alpha value is -1.13. The largest absolute Gasteiger partial charge is 0.345 e. The molecule has 0 radical (unpaired) electrons. The molecule has 0 atom stereocenters. The van der Waals surface area contributed by atoms with Crippen molar-refractivity contribution in [2.24, 2.45) is 0 Å². The number of rotatable bonds is 5. The number of hydrogen-bond donors (Lipinski definition) is 2. The number of hydrogen-bond acceptors (Lipinski definition) is 3. The van der Waals surface area contributed by atoms with Crippen molar-refractivity contribution in [1.29, 1.82) is 0 Å². The first kappa shape index (κ1) is 10.4. The molecule has 2 N–H and O–H groups in total. The summed E-state index contributed by atoms with van der Waals surface area (Å²) in [7, 11) is 0. The summed E-state index contributed by atoms with van der Waals surface area (Å²) in [6.45, 7) is 3.84. The van der Waals surface area contributed by atoms with Crippen molar-refractivity contribution in [1.82, 2.24) is 15.3 Å². The highest BCUT2D eigenvalue weighted by Gasteiger charge is 1.96. The third-order valence-electron chi connectivity index (χ3n) is 2.24. The Balaban J connectivity index is 1.67. The van der Waals surface area contributed by atoms with Crippen LogP contribution >= 0.6 is 11.3 Å². The second-order valence-corrected chi connectivity index (χ2v) is 4.33. The summed E-state index contributed by atoms with van der Waals surface area (Å²) in [6.07, 6.45) is 2.98. The molecule has 0 aliphatic carbocycles. The van der Waals surface area contributed by atoms with E-state index in [-0.39, 0.29) is 0 Å². The molecule has 2 aromatic heterocycles. The van der Waals surface area contributed by atoms with Gasteiger partial charge in [0.1, 0.15) is 5.82 Å².